The Bertz CT molecular complexity index is 361. The first kappa shape index (κ1) is 16.1. The normalized spacial score (nSPS) is 11.2. The Hall–Kier alpha value is -1.00. The van der Waals surface area contributed by atoms with Gasteiger partial charge >= 0.3 is 0 Å². The summed E-state index contributed by atoms with van der Waals surface area (Å²) in [5.41, 5.74) is 3.40. The molecule has 1 rings (SSSR count). The number of hydrogen-bond acceptors (Lipinski definition) is 4. The molecule has 0 radical (unpaired) electrons. The standard InChI is InChI=1S/C15H28N4/c1-5-15-14(11-13(4)17-18-15)12-16-9-8-10-19(6-2)7-3/h11,16H,5-10,12H2,1-4H3. The summed E-state index contributed by atoms with van der Waals surface area (Å²) in [6, 6.07) is 2.14. The Balaban J connectivity index is 2.31. The van der Waals surface area contributed by atoms with Crippen LogP contribution in [0.2, 0.25) is 0 Å². The van der Waals surface area contributed by atoms with Crippen LogP contribution in [0.4, 0.5) is 0 Å². The van der Waals surface area contributed by atoms with Crippen molar-refractivity contribution in [1.82, 2.24) is 20.4 Å². The van der Waals surface area contributed by atoms with E-state index in [4.69, 9.17) is 0 Å². The first-order chi connectivity index (χ1) is 9.21. The molecule has 0 saturated carbocycles. The maximum absolute atomic E-state index is 4.25. The van der Waals surface area contributed by atoms with E-state index in [0.29, 0.717) is 0 Å². The second-order valence-corrected chi connectivity index (χ2v) is 4.87. The molecule has 0 amide bonds. The van der Waals surface area contributed by atoms with Gasteiger partial charge in [0.25, 0.3) is 0 Å². The predicted octanol–water partition coefficient (Wildman–Crippen LogP) is 2.17. The van der Waals surface area contributed by atoms with Crippen molar-refractivity contribution in [3.05, 3.63) is 23.0 Å². The van der Waals surface area contributed by atoms with Gasteiger partial charge < -0.3 is 10.2 Å². The fraction of sp³-hybridized carbons (Fsp3) is 0.733. The first-order valence-corrected chi connectivity index (χ1v) is 7.46. The Morgan fingerprint density at radius 1 is 1.16 bits per heavy atom. The Morgan fingerprint density at radius 3 is 2.53 bits per heavy atom. The molecular formula is C15H28N4. The number of aryl methyl sites for hydroxylation is 2. The van der Waals surface area contributed by atoms with Crippen LogP contribution in [0.1, 0.15) is 44.1 Å². The van der Waals surface area contributed by atoms with Gasteiger partial charge in [0.05, 0.1) is 11.4 Å². The zero-order valence-corrected chi connectivity index (χ0v) is 12.9. The molecular weight excluding hydrogens is 236 g/mol. The van der Waals surface area contributed by atoms with Crippen molar-refractivity contribution < 1.29 is 0 Å². The molecule has 108 valence electrons. The number of nitrogens with zero attached hydrogens (tertiary/aromatic N) is 3. The van der Waals surface area contributed by atoms with Gasteiger partial charge in [0.2, 0.25) is 0 Å². The molecule has 0 spiro atoms. The summed E-state index contributed by atoms with van der Waals surface area (Å²) in [5, 5.41) is 11.9. The van der Waals surface area contributed by atoms with Gasteiger partial charge in [-0.1, -0.05) is 20.8 Å². The largest absolute Gasteiger partial charge is 0.313 e. The fourth-order valence-corrected chi connectivity index (χ4v) is 2.21. The molecule has 0 aliphatic heterocycles. The summed E-state index contributed by atoms with van der Waals surface area (Å²) in [6.45, 7) is 14.0. The van der Waals surface area contributed by atoms with Crippen molar-refractivity contribution in [3.8, 4) is 0 Å². The summed E-state index contributed by atoms with van der Waals surface area (Å²) in [5.74, 6) is 0. The average Bonchev–Trinajstić information content (AvgIpc) is 2.43. The topological polar surface area (TPSA) is 41.1 Å². The predicted molar refractivity (Wildman–Crippen MR) is 80.3 cm³/mol. The van der Waals surface area contributed by atoms with Gasteiger partial charge in [0.15, 0.2) is 0 Å². The smallest absolute Gasteiger partial charge is 0.0673 e. The third kappa shape index (κ3) is 5.66. The van der Waals surface area contributed by atoms with E-state index in [0.717, 1.165) is 44.0 Å². The molecule has 0 aliphatic rings. The van der Waals surface area contributed by atoms with Gasteiger partial charge in [0, 0.05) is 6.54 Å². The van der Waals surface area contributed by atoms with Crippen molar-refractivity contribution in [1.29, 1.82) is 0 Å². The minimum atomic E-state index is 0.901. The van der Waals surface area contributed by atoms with Gasteiger partial charge in [0.1, 0.15) is 0 Å². The van der Waals surface area contributed by atoms with E-state index in [1.807, 2.05) is 6.92 Å². The highest BCUT2D eigenvalue weighted by Crippen LogP contribution is 2.06. The minimum Gasteiger partial charge on any atom is -0.313 e. The quantitative estimate of drug-likeness (QED) is 0.694. The van der Waals surface area contributed by atoms with Crippen LogP contribution in [-0.4, -0.2) is 41.3 Å². The zero-order chi connectivity index (χ0) is 14.1. The second kappa shape index (κ2) is 8.99. The van der Waals surface area contributed by atoms with E-state index >= 15 is 0 Å². The maximum atomic E-state index is 4.25. The van der Waals surface area contributed by atoms with E-state index in [1.54, 1.807) is 0 Å². The molecule has 0 aromatic carbocycles. The van der Waals surface area contributed by atoms with E-state index in [1.165, 1.54) is 18.5 Å². The third-order valence-corrected chi connectivity index (χ3v) is 3.45. The Labute approximate surface area is 117 Å². The lowest BCUT2D eigenvalue weighted by molar-refractivity contribution is 0.298. The molecule has 1 aromatic rings. The van der Waals surface area contributed by atoms with Crippen molar-refractivity contribution in [2.45, 2.75) is 47.1 Å². The van der Waals surface area contributed by atoms with E-state index < -0.39 is 0 Å². The lowest BCUT2D eigenvalue weighted by Crippen LogP contribution is -2.27. The van der Waals surface area contributed by atoms with Crippen LogP contribution in [0.5, 0.6) is 0 Å². The number of hydrogen-bond donors (Lipinski definition) is 1. The van der Waals surface area contributed by atoms with Gasteiger partial charge in [-0.3, -0.25) is 0 Å². The first-order valence-electron chi connectivity index (χ1n) is 7.46. The molecule has 19 heavy (non-hydrogen) atoms. The van der Waals surface area contributed by atoms with Crippen molar-refractivity contribution in [2.24, 2.45) is 0 Å². The van der Waals surface area contributed by atoms with Crippen LogP contribution in [0.25, 0.3) is 0 Å². The maximum Gasteiger partial charge on any atom is 0.0673 e. The molecule has 0 bridgehead atoms. The zero-order valence-electron chi connectivity index (χ0n) is 12.9. The molecule has 0 unspecified atom stereocenters. The van der Waals surface area contributed by atoms with Crippen molar-refractivity contribution in [2.75, 3.05) is 26.2 Å². The Kier molecular flexibility index (Phi) is 7.60. The summed E-state index contributed by atoms with van der Waals surface area (Å²) < 4.78 is 0. The summed E-state index contributed by atoms with van der Waals surface area (Å²) >= 11 is 0. The van der Waals surface area contributed by atoms with Gasteiger partial charge in [-0.05, 0) is 57.6 Å². The monoisotopic (exact) mass is 264 g/mol. The van der Waals surface area contributed by atoms with Crippen LogP contribution in [0.15, 0.2) is 6.07 Å². The van der Waals surface area contributed by atoms with Crippen LogP contribution < -0.4 is 5.32 Å². The number of nitrogens with one attached hydrogen (secondary N) is 1. The fourth-order valence-electron chi connectivity index (χ4n) is 2.21. The minimum absolute atomic E-state index is 0.901. The van der Waals surface area contributed by atoms with E-state index in [2.05, 4.69) is 47.3 Å². The molecule has 1 aromatic heterocycles. The SMILES string of the molecule is CCc1nnc(C)cc1CNCCCN(CC)CC. The average molecular weight is 264 g/mol. The van der Waals surface area contributed by atoms with E-state index in [-0.39, 0.29) is 0 Å². The summed E-state index contributed by atoms with van der Waals surface area (Å²) in [6.07, 6.45) is 2.14. The summed E-state index contributed by atoms with van der Waals surface area (Å²) in [4.78, 5) is 2.46. The molecule has 1 N–H and O–H groups in total. The number of rotatable bonds is 9. The molecule has 4 heteroatoms. The molecule has 4 nitrogen and oxygen atoms in total. The van der Waals surface area contributed by atoms with Gasteiger partial charge in [-0.2, -0.15) is 10.2 Å². The lowest BCUT2D eigenvalue weighted by atomic mass is 10.1. The molecule has 1 heterocycles. The molecule has 0 aliphatic carbocycles. The molecule has 0 atom stereocenters. The van der Waals surface area contributed by atoms with Crippen LogP contribution >= 0.6 is 0 Å². The molecule has 0 saturated heterocycles. The molecule has 0 fully saturated rings. The van der Waals surface area contributed by atoms with Gasteiger partial charge in [-0.15, -0.1) is 0 Å². The van der Waals surface area contributed by atoms with Crippen molar-refractivity contribution in [3.63, 3.8) is 0 Å². The van der Waals surface area contributed by atoms with Crippen LogP contribution in [0.3, 0.4) is 0 Å². The highest BCUT2D eigenvalue weighted by molar-refractivity contribution is 5.20. The number of aromatic nitrogens is 2. The van der Waals surface area contributed by atoms with Crippen LogP contribution in [0, 0.1) is 6.92 Å². The van der Waals surface area contributed by atoms with Crippen LogP contribution in [-0.2, 0) is 13.0 Å². The summed E-state index contributed by atoms with van der Waals surface area (Å²) in [7, 11) is 0. The third-order valence-electron chi connectivity index (χ3n) is 3.45. The lowest BCUT2D eigenvalue weighted by Gasteiger charge is -2.17. The van der Waals surface area contributed by atoms with Crippen molar-refractivity contribution >= 4 is 0 Å². The van der Waals surface area contributed by atoms with E-state index in [9.17, 15) is 0 Å². The second-order valence-electron chi connectivity index (χ2n) is 4.87. The highest BCUT2D eigenvalue weighted by Gasteiger charge is 2.04. The highest BCUT2D eigenvalue weighted by atomic mass is 15.1. The Morgan fingerprint density at radius 2 is 1.89 bits per heavy atom. The van der Waals surface area contributed by atoms with Gasteiger partial charge in [-0.25, -0.2) is 0 Å².